The fourth-order valence-electron chi connectivity index (χ4n) is 4.01. The monoisotopic (exact) mass is 535 g/mol. The number of carbonyl (C=O) groups is 4. The molecule has 1 aliphatic rings. The lowest BCUT2D eigenvalue weighted by Crippen LogP contribution is -2.54. The molecule has 14 heteroatoms. The molecule has 1 aliphatic heterocycles. The van der Waals surface area contributed by atoms with E-state index in [4.69, 9.17) is 5.73 Å². The van der Waals surface area contributed by atoms with E-state index in [2.05, 4.69) is 36.6 Å². The van der Waals surface area contributed by atoms with E-state index in [1.807, 2.05) is 26.0 Å². The molecule has 13 nitrogen and oxygen atoms in total. The maximum Gasteiger partial charge on any atom is 0.247 e. The van der Waals surface area contributed by atoms with E-state index in [1.165, 1.54) is 4.90 Å². The molecule has 4 amide bonds. The number of fused-ring (bicyclic) bond motifs is 1. The number of hydrogen-bond acceptors (Lipinski definition) is 8. The number of carbonyl (C=O) groups excluding carboxylic acids is 4. The van der Waals surface area contributed by atoms with Gasteiger partial charge in [-0.3, -0.25) is 24.1 Å². The normalized spacial score (nSPS) is 15.6. The van der Waals surface area contributed by atoms with E-state index in [0.29, 0.717) is 37.3 Å². The molecule has 6 N–H and O–H groups in total. The molecule has 0 saturated carbocycles. The van der Waals surface area contributed by atoms with E-state index in [-0.39, 0.29) is 49.6 Å². The van der Waals surface area contributed by atoms with E-state index >= 15 is 0 Å². The van der Waals surface area contributed by atoms with Gasteiger partial charge in [0.1, 0.15) is 12.1 Å². The van der Waals surface area contributed by atoms with E-state index in [1.54, 1.807) is 12.1 Å². The smallest absolute Gasteiger partial charge is 0.247 e. The summed E-state index contributed by atoms with van der Waals surface area (Å²) in [7, 11) is 0. The number of rotatable bonds is 12. The van der Waals surface area contributed by atoms with E-state index in [0.717, 1.165) is 5.56 Å². The highest BCUT2D eigenvalue weighted by Gasteiger charge is 2.38. The Bertz CT molecular complexity index is 1070. The van der Waals surface area contributed by atoms with Crippen molar-refractivity contribution in [1.82, 2.24) is 36.6 Å². The van der Waals surface area contributed by atoms with Crippen molar-refractivity contribution in [2.45, 2.75) is 58.2 Å². The van der Waals surface area contributed by atoms with Gasteiger partial charge < -0.3 is 21.7 Å². The summed E-state index contributed by atoms with van der Waals surface area (Å²) in [6.07, 6.45) is 1.73. The maximum absolute atomic E-state index is 13.3. The first-order valence-corrected chi connectivity index (χ1v) is 12.0. The second-order valence-electron chi connectivity index (χ2n) is 8.70. The first kappa shape index (κ1) is 29.6. The highest BCUT2D eigenvalue weighted by atomic mass is 35.5. The van der Waals surface area contributed by atoms with E-state index in [9.17, 15) is 19.2 Å². The molecule has 3 atom stereocenters. The van der Waals surface area contributed by atoms with Crippen LogP contribution in [0.25, 0.3) is 0 Å². The molecule has 0 spiro atoms. The number of aromatic amines is 1. The number of hydrogen-bond donors (Lipinski definition) is 5. The number of nitrogens with zero attached hydrogens (tertiary/aromatic N) is 4. The second-order valence-corrected chi connectivity index (χ2v) is 8.70. The third kappa shape index (κ3) is 7.70. The first-order valence-electron chi connectivity index (χ1n) is 12.0. The number of amides is 4. The van der Waals surface area contributed by atoms with Crippen LogP contribution in [0.1, 0.15) is 44.5 Å². The molecular weight excluding hydrogens is 502 g/mol. The molecule has 202 valence electrons. The van der Waals surface area contributed by atoms with Gasteiger partial charge in [-0.05, 0) is 30.5 Å². The third-order valence-electron chi connectivity index (χ3n) is 6.19. The molecule has 0 radical (unpaired) electrons. The summed E-state index contributed by atoms with van der Waals surface area (Å²) >= 11 is 0. The van der Waals surface area contributed by atoms with Crippen molar-refractivity contribution >= 4 is 41.7 Å². The minimum absolute atomic E-state index is 0. The maximum atomic E-state index is 13.3. The fraction of sp³-hybridized carbons (Fsp3) is 0.522. The van der Waals surface area contributed by atoms with Gasteiger partial charge in [0.15, 0.2) is 5.82 Å². The van der Waals surface area contributed by atoms with Gasteiger partial charge in [0.2, 0.25) is 23.6 Å². The zero-order chi connectivity index (χ0) is 26.1. The van der Waals surface area contributed by atoms with E-state index < -0.39 is 23.9 Å². The summed E-state index contributed by atoms with van der Waals surface area (Å²) in [6.45, 7) is 3.88. The van der Waals surface area contributed by atoms with Crippen LogP contribution in [-0.2, 0) is 32.1 Å². The summed E-state index contributed by atoms with van der Waals surface area (Å²) < 4.78 is 0. The Labute approximate surface area is 221 Å². The first-order chi connectivity index (χ1) is 17.3. The van der Waals surface area contributed by atoms with Crippen molar-refractivity contribution in [1.29, 1.82) is 0 Å². The number of tetrazole rings is 1. The number of anilines is 1. The van der Waals surface area contributed by atoms with Crippen molar-refractivity contribution in [2.75, 3.05) is 18.0 Å². The van der Waals surface area contributed by atoms with Crippen LogP contribution in [-0.4, -0.2) is 69.4 Å². The summed E-state index contributed by atoms with van der Waals surface area (Å²) in [5.41, 5.74) is 6.93. The zero-order valence-corrected chi connectivity index (χ0v) is 21.7. The van der Waals surface area contributed by atoms with Crippen LogP contribution in [0, 0.1) is 5.92 Å². The molecule has 1 aromatic carbocycles. The highest BCUT2D eigenvalue weighted by molar-refractivity contribution is 6.05. The van der Waals surface area contributed by atoms with Gasteiger partial charge in [0, 0.05) is 18.5 Å². The summed E-state index contributed by atoms with van der Waals surface area (Å²) in [4.78, 5) is 52.8. The van der Waals surface area contributed by atoms with Crippen LogP contribution in [0.15, 0.2) is 24.3 Å². The van der Waals surface area contributed by atoms with Gasteiger partial charge in [-0.2, -0.15) is 5.21 Å². The molecule has 3 rings (SSSR count). The molecule has 0 unspecified atom stereocenters. The predicted octanol–water partition coefficient (Wildman–Crippen LogP) is -0.418. The van der Waals surface area contributed by atoms with Crippen LogP contribution in [0.5, 0.6) is 0 Å². The SMILES string of the molecule is CC[C@H](C)[C@H](NC(=O)CCCN)C(=O)NCC(=O)N1c2ccccc2C[C@H]1C(=O)NCc1nn[nH]n1.Cl. The Balaban J connectivity index is 0.00000481. The zero-order valence-electron chi connectivity index (χ0n) is 20.9. The number of nitrogens with one attached hydrogen (secondary N) is 4. The quantitative estimate of drug-likeness (QED) is 0.242. The minimum Gasteiger partial charge on any atom is -0.347 e. The Morgan fingerprint density at radius 1 is 1.22 bits per heavy atom. The molecule has 37 heavy (non-hydrogen) atoms. The van der Waals surface area contributed by atoms with Gasteiger partial charge in [-0.15, -0.1) is 22.6 Å². The lowest BCUT2D eigenvalue weighted by atomic mass is 9.98. The number of H-pyrrole nitrogens is 1. The Kier molecular flexibility index (Phi) is 11.4. The topological polar surface area (TPSA) is 188 Å². The van der Waals surface area contributed by atoms with Crippen LogP contribution < -0.4 is 26.6 Å². The van der Waals surface area contributed by atoms with Gasteiger partial charge in [-0.1, -0.05) is 43.7 Å². The largest absolute Gasteiger partial charge is 0.347 e. The summed E-state index contributed by atoms with van der Waals surface area (Å²) in [6, 6.07) is 5.67. The Morgan fingerprint density at radius 3 is 2.65 bits per heavy atom. The number of benzene rings is 1. The number of nitrogens with two attached hydrogens (primary N) is 1. The number of halogens is 1. The molecule has 2 aromatic rings. The number of aromatic nitrogens is 4. The summed E-state index contributed by atoms with van der Waals surface area (Å²) in [5.74, 6) is -1.36. The third-order valence-corrected chi connectivity index (χ3v) is 6.19. The van der Waals surface area contributed by atoms with Crippen molar-refractivity contribution in [3.05, 3.63) is 35.7 Å². The van der Waals surface area contributed by atoms with Gasteiger partial charge >= 0.3 is 0 Å². The summed E-state index contributed by atoms with van der Waals surface area (Å²) in [5, 5.41) is 21.5. The molecule has 0 bridgehead atoms. The molecule has 0 aliphatic carbocycles. The van der Waals surface area contributed by atoms with Gasteiger partial charge in [0.25, 0.3) is 0 Å². The Morgan fingerprint density at radius 2 is 1.97 bits per heavy atom. The lowest BCUT2D eigenvalue weighted by molar-refractivity contribution is -0.131. The Hall–Kier alpha value is -3.58. The standard InChI is InChI=1S/C23H33N9O4.ClH/c1-3-14(2)21(27-19(33)9-6-10-24)23(36)26-13-20(34)32-16-8-5-4-7-15(16)11-17(32)22(35)25-12-18-28-30-31-29-18;/h4-5,7-8,14,17,21H,3,6,9-13,24H2,1-2H3,(H,25,35)(H,26,36)(H,27,33)(H,28,29,30,31);1H/t14-,17-,21-;/m0./s1. The number of para-hydroxylation sites is 1. The van der Waals surface area contributed by atoms with Gasteiger partial charge in [0.05, 0.1) is 13.1 Å². The van der Waals surface area contributed by atoms with Crippen molar-refractivity contribution in [3.8, 4) is 0 Å². The average molecular weight is 536 g/mol. The van der Waals surface area contributed by atoms with Crippen LogP contribution in [0.4, 0.5) is 5.69 Å². The minimum atomic E-state index is -0.792. The van der Waals surface area contributed by atoms with Crippen molar-refractivity contribution in [3.63, 3.8) is 0 Å². The van der Waals surface area contributed by atoms with Crippen LogP contribution in [0.3, 0.4) is 0 Å². The fourth-order valence-corrected chi connectivity index (χ4v) is 4.01. The highest BCUT2D eigenvalue weighted by Crippen LogP contribution is 2.32. The second kappa shape index (κ2) is 14.2. The lowest BCUT2D eigenvalue weighted by Gasteiger charge is -2.26. The molecule has 0 fully saturated rings. The molecule has 0 saturated heterocycles. The molecule has 1 aromatic heterocycles. The van der Waals surface area contributed by atoms with Crippen LogP contribution >= 0.6 is 12.4 Å². The predicted molar refractivity (Wildman–Crippen MR) is 137 cm³/mol. The average Bonchev–Trinajstić information content (AvgIpc) is 3.55. The van der Waals surface area contributed by atoms with Gasteiger partial charge in [-0.25, -0.2) is 0 Å². The molecular formula is C23H34ClN9O4. The van der Waals surface area contributed by atoms with Crippen molar-refractivity contribution < 1.29 is 19.2 Å². The van der Waals surface area contributed by atoms with Crippen LogP contribution in [0.2, 0.25) is 0 Å². The van der Waals surface area contributed by atoms with Crippen molar-refractivity contribution in [2.24, 2.45) is 11.7 Å². The molecule has 2 heterocycles.